The van der Waals surface area contributed by atoms with Crippen molar-refractivity contribution in [2.24, 2.45) is 0 Å². The average Bonchev–Trinajstić information content (AvgIpc) is 2.60. The molecule has 0 aliphatic carbocycles. The second-order valence-electron chi connectivity index (χ2n) is 4.63. The molecule has 0 spiro atoms. The van der Waals surface area contributed by atoms with Crippen LogP contribution in [0, 0.1) is 0 Å². The summed E-state index contributed by atoms with van der Waals surface area (Å²) < 4.78 is 48.0. The van der Waals surface area contributed by atoms with Crippen LogP contribution < -0.4 is 14.8 Å². The van der Waals surface area contributed by atoms with Gasteiger partial charge in [-0.15, -0.1) is 0 Å². The van der Waals surface area contributed by atoms with Gasteiger partial charge in [0.05, 0.1) is 25.7 Å². The number of methoxy groups -OCH3 is 2. The van der Waals surface area contributed by atoms with Gasteiger partial charge in [0.2, 0.25) is 5.91 Å². The Kier molecular flexibility index (Phi) is 6.07. The highest BCUT2D eigenvalue weighted by Crippen LogP contribution is 2.30. The molecule has 1 amide bonds. The van der Waals surface area contributed by atoms with Crippen LogP contribution in [0.25, 0.3) is 0 Å². The zero-order valence-electron chi connectivity index (χ0n) is 13.3. The van der Waals surface area contributed by atoms with Gasteiger partial charge in [-0.25, -0.2) is 9.97 Å². The first-order chi connectivity index (χ1) is 11.8. The monoisotopic (exact) mass is 373 g/mol. The molecule has 1 N–H and O–H groups in total. The molecule has 6 nitrogen and oxygen atoms in total. The standard InChI is InChI=1S/C15H14F3N3O3S/c1-23-9-3-4-10(11(7-9)24-2)20-13(22)8-25-14-19-6-5-12(21-14)15(16,17)18/h3-7H,8H2,1-2H3,(H,20,22). The predicted octanol–water partition coefficient (Wildman–Crippen LogP) is 3.24. The second-order valence-corrected chi connectivity index (χ2v) is 5.57. The summed E-state index contributed by atoms with van der Waals surface area (Å²) >= 11 is 0.799. The molecule has 0 fully saturated rings. The maximum atomic E-state index is 12.6. The molecule has 0 aliphatic rings. The fraction of sp³-hybridized carbons (Fsp3) is 0.267. The number of halogens is 3. The molecular formula is C15H14F3N3O3S. The number of anilines is 1. The van der Waals surface area contributed by atoms with E-state index < -0.39 is 17.8 Å². The van der Waals surface area contributed by atoms with Gasteiger partial charge in [0.1, 0.15) is 17.2 Å². The van der Waals surface area contributed by atoms with Crippen molar-refractivity contribution >= 4 is 23.4 Å². The fourth-order valence-electron chi connectivity index (χ4n) is 1.79. The third kappa shape index (κ3) is 5.24. The zero-order chi connectivity index (χ0) is 18.4. The lowest BCUT2D eigenvalue weighted by atomic mass is 10.2. The van der Waals surface area contributed by atoms with Gasteiger partial charge in [-0.2, -0.15) is 13.2 Å². The first kappa shape index (κ1) is 18.8. The minimum Gasteiger partial charge on any atom is -0.497 e. The molecule has 1 aromatic carbocycles. The molecule has 0 bridgehead atoms. The van der Waals surface area contributed by atoms with E-state index in [4.69, 9.17) is 9.47 Å². The number of carbonyl (C=O) groups is 1. The Morgan fingerprint density at radius 1 is 1.24 bits per heavy atom. The lowest BCUT2D eigenvalue weighted by molar-refractivity contribution is -0.141. The number of ether oxygens (including phenoxy) is 2. The molecule has 0 atom stereocenters. The van der Waals surface area contributed by atoms with Crippen molar-refractivity contribution in [3.63, 3.8) is 0 Å². The molecule has 10 heteroatoms. The summed E-state index contributed by atoms with van der Waals surface area (Å²) in [5.41, 5.74) is -0.638. The number of carbonyl (C=O) groups excluding carboxylic acids is 1. The van der Waals surface area contributed by atoms with E-state index in [1.807, 2.05) is 0 Å². The van der Waals surface area contributed by atoms with Gasteiger partial charge < -0.3 is 14.8 Å². The number of hydrogen-bond donors (Lipinski definition) is 1. The number of rotatable bonds is 6. The highest BCUT2D eigenvalue weighted by Gasteiger charge is 2.32. The van der Waals surface area contributed by atoms with Crippen LogP contribution in [-0.4, -0.2) is 35.8 Å². The molecule has 0 saturated carbocycles. The van der Waals surface area contributed by atoms with Crippen LogP contribution in [0.3, 0.4) is 0 Å². The van der Waals surface area contributed by atoms with Crippen LogP contribution in [0.15, 0.2) is 35.6 Å². The van der Waals surface area contributed by atoms with Crippen LogP contribution in [0.5, 0.6) is 11.5 Å². The summed E-state index contributed by atoms with van der Waals surface area (Å²) in [6.45, 7) is 0. The largest absolute Gasteiger partial charge is 0.497 e. The van der Waals surface area contributed by atoms with Gasteiger partial charge in [-0.3, -0.25) is 4.79 Å². The molecule has 0 aliphatic heterocycles. The van der Waals surface area contributed by atoms with Crippen molar-refractivity contribution in [3.8, 4) is 11.5 Å². The van der Waals surface area contributed by atoms with Crippen molar-refractivity contribution in [1.29, 1.82) is 0 Å². The number of alkyl halides is 3. The van der Waals surface area contributed by atoms with E-state index in [-0.39, 0.29) is 10.9 Å². The number of thioether (sulfide) groups is 1. The van der Waals surface area contributed by atoms with E-state index in [1.165, 1.54) is 14.2 Å². The predicted molar refractivity (Wildman–Crippen MR) is 85.9 cm³/mol. The smallest absolute Gasteiger partial charge is 0.433 e. The molecular weight excluding hydrogens is 359 g/mol. The summed E-state index contributed by atoms with van der Waals surface area (Å²) in [7, 11) is 2.94. The minimum absolute atomic E-state index is 0.133. The minimum atomic E-state index is -4.56. The zero-order valence-corrected chi connectivity index (χ0v) is 14.1. The Morgan fingerprint density at radius 2 is 2.00 bits per heavy atom. The number of benzene rings is 1. The van der Waals surface area contributed by atoms with Gasteiger partial charge in [-0.1, -0.05) is 11.8 Å². The van der Waals surface area contributed by atoms with E-state index in [2.05, 4.69) is 15.3 Å². The summed E-state index contributed by atoms with van der Waals surface area (Å²) in [5.74, 6) is 0.361. The summed E-state index contributed by atoms with van der Waals surface area (Å²) in [6.07, 6.45) is -3.56. The van der Waals surface area contributed by atoms with Crippen LogP contribution in [0.4, 0.5) is 18.9 Å². The van der Waals surface area contributed by atoms with E-state index in [1.54, 1.807) is 18.2 Å². The van der Waals surface area contributed by atoms with E-state index in [0.29, 0.717) is 17.2 Å². The average molecular weight is 373 g/mol. The second kappa shape index (κ2) is 8.06. The highest BCUT2D eigenvalue weighted by atomic mass is 32.2. The number of hydrogen-bond acceptors (Lipinski definition) is 6. The number of amides is 1. The molecule has 25 heavy (non-hydrogen) atoms. The summed E-state index contributed by atoms with van der Waals surface area (Å²) in [6, 6.07) is 5.60. The maximum absolute atomic E-state index is 12.6. The third-order valence-corrected chi connectivity index (χ3v) is 3.80. The van der Waals surface area contributed by atoms with E-state index in [0.717, 1.165) is 24.0 Å². The Bertz CT molecular complexity index is 756. The molecule has 1 aromatic heterocycles. The van der Waals surface area contributed by atoms with E-state index >= 15 is 0 Å². The maximum Gasteiger partial charge on any atom is 0.433 e. The highest BCUT2D eigenvalue weighted by molar-refractivity contribution is 7.99. The molecule has 134 valence electrons. The Labute approximate surface area is 145 Å². The van der Waals surface area contributed by atoms with Crippen LogP contribution in [0.2, 0.25) is 0 Å². The number of nitrogens with zero attached hydrogens (tertiary/aromatic N) is 2. The normalized spacial score (nSPS) is 11.1. The van der Waals surface area contributed by atoms with Crippen molar-refractivity contribution in [3.05, 3.63) is 36.2 Å². The molecule has 2 aromatic rings. The molecule has 0 unspecified atom stereocenters. The van der Waals surface area contributed by atoms with Crippen LogP contribution in [-0.2, 0) is 11.0 Å². The van der Waals surface area contributed by atoms with Crippen LogP contribution >= 0.6 is 11.8 Å². The summed E-state index contributed by atoms with van der Waals surface area (Å²) in [4.78, 5) is 19.1. The summed E-state index contributed by atoms with van der Waals surface area (Å²) in [5, 5.41) is 2.48. The van der Waals surface area contributed by atoms with Gasteiger partial charge >= 0.3 is 6.18 Å². The van der Waals surface area contributed by atoms with Gasteiger partial charge in [0.25, 0.3) is 0 Å². The van der Waals surface area contributed by atoms with Gasteiger partial charge in [0, 0.05) is 12.3 Å². The van der Waals surface area contributed by atoms with Crippen molar-refractivity contribution in [1.82, 2.24) is 9.97 Å². The topological polar surface area (TPSA) is 73.3 Å². The van der Waals surface area contributed by atoms with Crippen LogP contribution in [0.1, 0.15) is 5.69 Å². The lowest BCUT2D eigenvalue weighted by Crippen LogP contribution is -2.15. The molecule has 2 rings (SSSR count). The molecule has 1 heterocycles. The SMILES string of the molecule is COc1ccc(NC(=O)CSc2nccc(C(F)(F)F)n2)c(OC)c1. The Morgan fingerprint density at radius 3 is 2.64 bits per heavy atom. The van der Waals surface area contributed by atoms with Crippen molar-refractivity contribution in [2.45, 2.75) is 11.3 Å². The quantitative estimate of drug-likeness (QED) is 0.619. The Hall–Kier alpha value is -2.49. The Balaban J connectivity index is 2.00. The number of nitrogens with one attached hydrogen (secondary N) is 1. The first-order valence-corrected chi connectivity index (χ1v) is 7.87. The van der Waals surface area contributed by atoms with Gasteiger partial charge in [-0.05, 0) is 18.2 Å². The first-order valence-electron chi connectivity index (χ1n) is 6.88. The third-order valence-electron chi connectivity index (χ3n) is 2.94. The lowest BCUT2D eigenvalue weighted by Gasteiger charge is -2.11. The molecule has 0 saturated heterocycles. The van der Waals surface area contributed by atoms with E-state index in [9.17, 15) is 18.0 Å². The molecule has 0 radical (unpaired) electrons. The van der Waals surface area contributed by atoms with Crippen molar-refractivity contribution in [2.75, 3.05) is 25.3 Å². The fourth-order valence-corrected chi connectivity index (χ4v) is 2.42. The van der Waals surface area contributed by atoms with Crippen molar-refractivity contribution < 1.29 is 27.4 Å². The number of aromatic nitrogens is 2. The van der Waals surface area contributed by atoms with Gasteiger partial charge in [0.15, 0.2) is 5.16 Å².